The van der Waals surface area contributed by atoms with Crippen LogP contribution in [-0.4, -0.2) is 40.7 Å². The van der Waals surface area contributed by atoms with E-state index in [1.807, 2.05) is 18.2 Å². The molecule has 0 aliphatic carbocycles. The fraction of sp³-hybridized carbons (Fsp3) is 0.200. The number of para-hydroxylation sites is 1. The molecule has 2 aromatic rings. The molecule has 1 N–H and O–H groups in total. The molecule has 5 heteroatoms. The van der Waals surface area contributed by atoms with Gasteiger partial charge in [0.15, 0.2) is 0 Å². The number of likely N-dealkylation sites (N-methyl/N-ethyl adjacent to an activating group) is 1. The summed E-state index contributed by atoms with van der Waals surface area (Å²) in [6, 6.07) is 12.0. The van der Waals surface area contributed by atoms with Gasteiger partial charge in [-0.25, -0.2) is 0 Å². The van der Waals surface area contributed by atoms with Gasteiger partial charge in [0.1, 0.15) is 0 Å². The van der Waals surface area contributed by atoms with Crippen LogP contribution in [0.15, 0.2) is 53.5 Å². The highest BCUT2D eigenvalue weighted by atomic mass is 16.3. The Morgan fingerprint density at radius 3 is 2.55 bits per heavy atom. The molecule has 0 spiro atoms. The van der Waals surface area contributed by atoms with Crippen LogP contribution in [0.2, 0.25) is 0 Å². The summed E-state index contributed by atoms with van der Waals surface area (Å²) in [5.41, 5.74) is 0.916. The molecule has 0 radical (unpaired) electrons. The first-order valence-electron chi connectivity index (χ1n) is 6.28. The second-order valence-corrected chi connectivity index (χ2v) is 4.41. The number of hydrogen-bond acceptors (Lipinski definition) is 3. The van der Waals surface area contributed by atoms with Gasteiger partial charge in [-0.05, 0) is 18.2 Å². The number of aliphatic hydroxyl groups is 1. The average molecular weight is 272 g/mol. The predicted molar refractivity (Wildman–Crippen MR) is 76.1 cm³/mol. The Bertz CT molecular complexity index is 650. The minimum atomic E-state index is -0.233. The number of carbonyl (C=O) groups excluding carboxylic acids is 1. The summed E-state index contributed by atoms with van der Waals surface area (Å²) in [5, 5.41) is 8.86. The van der Waals surface area contributed by atoms with Crippen molar-refractivity contribution >= 4 is 5.91 Å². The molecule has 0 aliphatic rings. The topological polar surface area (TPSA) is 62.5 Å². The monoisotopic (exact) mass is 272 g/mol. The summed E-state index contributed by atoms with van der Waals surface area (Å²) in [4.78, 5) is 25.4. The van der Waals surface area contributed by atoms with E-state index in [2.05, 4.69) is 0 Å². The third-order valence-electron chi connectivity index (χ3n) is 2.97. The summed E-state index contributed by atoms with van der Waals surface area (Å²) < 4.78 is 1.43. The van der Waals surface area contributed by atoms with Gasteiger partial charge >= 0.3 is 0 Å². The Morgan fingerprint density at radius 1 is 1.20 bits per heavy atom. The van der Waals surface area contributed by atoms with Gasteiger partial charge in [0, 0.05) is 31.5 Å². The third-order valence-corrected chi connectivity index (χ3v) is 2.97. The van der Waals surface area contributed by atoms with Crippen molar-refractivity contribution in [3.8, 4) is 5.69 Å². The van der Waals surface area contributed by atoms with E-state index in [1.54, 1.807) is 19.2 Å². The molecule has 1 heterocycles. The number of pyridine rings is 1. The number of nitrogens with zero attached hydrogens (tertiary/aromatic N) is 2. The van der Waals surface area contributed by atoms with Crippen LogP contribution in [0, 0.1) is 0 Å². The Morgan fingerprint density at radius 2 is 1.90 bits per heavy atom. The van der Waals surface area contributed by atoms with Crippen molar-refractivity contribution in [3.05, 3.63) is 64.6 Å². The molecular formula is C15H16N2O3. The lowest BCUT2D eigenvalue weighted by Gasteiger charge is -2.16. The van der Waals surface area contributed by atoms with Crippen molar-refractivity contribution in [2.75, 3.05) is 20.2 Å². The van der Waals surface area contributed by atoms with Crippen molar-refractivity contribution in [1.82, 2.24) is 9.47 Å². The maximum atomic E-state index is 12.1. The van der Waals surface area contributed by atoms with Gasteiger partial charge in [-0.1, -0.05) is 18.2 Å². The lowest BCUT2D eigenvalue weighted by atomic mass is 10.2. The van der Waals surface area contributed by atoms with Crippen LogP contribution in [0.1, 0.15) is 10.4 Å². The molecule has 5 nitrogen and oxygen atoms in total. The fourth-order valence-corrected chi connectivity index (χ4v) is 1.88. The van der Waals surface area contributed by atoms with Crippen LogP contribution in [0.3, 0.4) is 0 Å². The quantitative estimate of drug-likeness (QED) is 0.899. The average Bonchev–Trinajstić information content (AvgIpc) is 2.48. The third kappa shape index (κ3) is 2.95. The molecule has 0 fully saturated rings. The Hall–Kier alpha value is -2.40. The SMILES string of the molecule is CN(CCO)C(=O)c1ccc(=O)n(-c2ccccc2)c1. The van der Waals surface area contributed by atoms with Gasteiger partial charge in [-0.2, -0.15) is 0 Å². The van der Waals surface area contributed by atoms with Crippen LogP contribution >= 0.6 is 0 Å². The highest BCUT2D eigenvalue weighted by Crippen LogP contribution is 2.07. The zero-order valence-corrected chi connectivity index (χ0v) is 11.2. The van der Waals surface area contributed by atoms with E-state index >= 15 is 0 Å². The lowest BCUT2D eigenvalue weighted by Crippen LogP contribution is -2.30. The van der Waals surface area contributed by atoms with Crippen molar-refractivity contribution < 1.29 is 9.90 Å². The van der Waals surface area contributed by atoms with Crippen molar-refractivity contribution in [3.63, 3.8) is 0 Å². The fourth-order valence-electron chi connectivity index (χ4n) is 1.88. The number of hydrogen-bond donors (Lipinski definition) is 1. The van der Waals surface area contributed by atoms with E-state index in [9.17, 15) is 9.59 Å². The standard InChI is InChI=1S/C15H16N2O3/c1-16(9-10-18)15(20)12-7-8-14(19)17(11-12)13-5-3-2-4-6-13/h2-8,11,18H,9-10H2,1H3. The second kappa shape index (κ2) is 6.16. The predicted octanol–water partition coefficient (Wildman–Crippen LogP) is 0.902. The minimum absolute atomic E-state index is 0.0967. The van der Waals surface area contributed by atoms with E-state index in [0.717, 1.165) is 0 Å². The number of rotatable bonds is 4. The first-order chi connectivity index (χ1) is 9.63. The molecule has 1 aromatic heterocycles. The van der Waals surface area contributed by atoms with Crippen molar-refractivity contribution in [1.29, 1.82) is 0 Å². The van der Waals surface area contributed by atoms with E-state index in [4.69, 9.17) is 5.11 Å². The van der Waals surface area contributed by atoms with Crippen molar-refractivity contribution in [2.24, 2.45) is 0 Å². The van der Waals surface area contributed by atoms with E-state index < -0.39 is 0 Å². The summed E-state index contributed by atoms with van der Waals surface area (Å²) in [6.45, 7) is 0.157. The Labute approximate surface area is 116 Å². The van der Waals surface area contributed by atoms with Crippen LogP contribution in [0.5, 0.6) is 0 Å². The first kappa shape index (κ1) is 14.0. The molecule has 1 aromatic carbocycles. The van der Waals surface area contributed by atoms with Crippen molar-refractivity contribution in [2.45, 2.75) is 0 Å². The second-order valence-electron chi connectivity index (χ2n) is 4.41. The molecule has 0 saturated carbocycles. The Kier molecular flexibility index (Phi) is 4.32. The summed E-state index contributed by atoms with van der Waals surface area (Å²) in [6.07, 6.45) is 1.52. The lowest BCUT2D eigenvalue weighted by molar-refractivity contribution is 0.0766. The van der Waals surface area contributed by atoms with Gasteiger partial charge in [0.05, 0.1) is 12.2 Å². The van der Waals surface area contributed by atoms with Gasteiger partial charge in [-0.3, -0.25) is 14.2 Å². The van der Waals surface area contributed by atoms with Crippen LogP contribution in [0.4, 0.5) is 0 Å². The normalized spacial score (nSPS) is 10.3. The maximum absolute atomic E-state index is 12.1. The van der Waals surface area contributed by atoms with Gasteiger partial charge in [-0.15, -0.1) is 0 Å². The summed E-state index contributed by atoms with van der Waals surface area (Å²) in [5.74, 6) is -0.233. The van der Waals surface area contributed by atoms with E-state index in [1.165, 1.54) is 27.8 Å². The molecule has 0 unspecified atom stereocenters. The minimum Gasteiger partial charge on any atom is -0.395 e. The number of carbonyl (C=O) groups is 1. The number of amides is 1. The number of aliphatic hydroxyl groups excluding tert-OH is 1. The molecular weight excluding hydrogens is 256 g/mol. The molecule has 104 valence electrons. The maximum Gasteiger partial charge on any atom is 0.255 e. The zero-order chi connectivity index (χ0) is 14.5. The van der Waals surface area contributed by atoms with Crippen LogP contribution in [-0.2, 0) is 0 Å². The van der Waals surface area contributed by atoms with Crippen LogP contribution < -0.4 is 5.56 Å². The molecule has 0 atom stereocenters. The summed E-state index contributed by atoms with van der Waals surface area (Å²) in [7, 11) is 1.61. The highest BCUT2D eigenvalue weighted by Gasteiger charge is 2.12. The molecule has 0 bridgehead atoms. The number of benzene rings is 1. The smallest absolute Gasteiger partial charge is 0.255 e. The van der Waals surface area contributed by atoms with E-state index in [-0.39, 0.29) is 24.6 Å². The van der Waals surface area contributed by atoms with Gasteiger partial charge in [0.2, 0.25) is 0 Å². The first-order valence-corrected chi connectivity index (χ1v) is 6.28. The zero-order valence-electron chi connectivity index (χ0n) is 11.2. The van der Waals surface area contributed by atoms with E-state index in [0.29, 0.717) is 11.3 Å². The van der Waals surface area contributed by atoms with Crippen LogP contribution in [0.25, 0.3) is 5.69 Å². The molecule has 0 saturated heterocycles. The van der Waals surface area contributed by atoms with Gasteiger partial charge < -0.3 is 10.0 Å². The molecule has 20 heavy (non-hydrogen) atoms. The highest BCUT2D eigenvalue weighted by molar-refractivity contribution is 5.93. The largest absolute Gasteiger partial charge is 0.395 e. The van der Waals surface area contributed by atoms with Gasteiger partial charge in [0.25, 0.3) is 11.5 Å². The number of aromatic nitrogens is 1. The Balaban J connectivity index is 2.39. The molecule has 1 amide bonds. The molecule has 0 aliphatic heterocycles. The molecule has 2 rings (SSSR count). The summed E-state index contributed by atoms with van der Waals surface area (Å²) >= 11 is 0.